The molecule has 1 atom stereocenters. The number of nitrogens with zero attached hydrogens (tertiary/aromatic N) is 1. The van der Waals surface area contributed by atoms with Crippen LogP contribution in [0.4, 0.5) is 0 Å². The summed E-state index contributed by atoms with van der Waals surface area (Å²) >= 11 is 0. The standard InChI is InChI=1S/C8H18N2O2/c1-6(2)7(9)8(12)10(3)4-5-11/h6-7,11H,4-5,9H2,1-3H3/t7-/m1/s1. The molecule has 72 valence electrons. The molecule has 0 fully saturated rings. The lowest BCUT2D eigenvalue weighted by Crippen LogP contribution is -2.45. The van der Waals surface area contributed by atoms with Gasteiger partial charge in [-0.15, -0.1) is 0 Å². The zero-order valence-corrected chi connectivity index (χ0v) is 7.95. The smallest absolute Gasteiger partial charge is 0.239 e. The van der Waals surface area contributed by atoms with Gasteiger partial charge in [0.25, 0.3) is 0 Å². The zero-order chi connectivity index (χ0) is 9.72. The Hall–Kier alpha value is -0.610. The number of likely N-dealkylation sites (N-methyl/N-ethyl adjacent to an activating group) is 1. The molecule has 0 saturated heterocycles. The van der Waals surface area contributed by atoms with Gasteiger partial charge in [-0.05, 0) is 5.92 Å². The number of carbonyl (C=O) groups is 1. The summed E-state index contributed by atoms with van der Waals surface area (Å²) in [6.45, 7) is 4.12. The number of hydrogen-bond donors (Lipinski definition) is 2. The first kappa shape index (κ1) is 11.4. The van der Waals surface area contributed by atoms with Gasteiger partial charge >= 0.3 is 0 Å². The molecular formula is C8H18N2O2. The van der Waals surface area contributed by atoms with Crippen molar-refractivity contribution in [1.82, 2.24) is 4.90 Å². The van der Waals surface area contributed by atoms with Gasteiger partial charge in [-0.3, -0.25) is 4.79 Å². The van der Waals surface area contributed by atoms with Gasteiger partial charge in [-0.2, -0.15) is 0 Å². The molecule has 4 heteroatoms. The van der Waals surface area contributed by atoms with Crippen molar-refractivity contribution in [3.8, 4) is 0 Å². The summed E-state index contributed by atoms with van der Waals surface area (Å²) in [5.74, 6) is 0.0256. The lowest BCUT2D eigenvalue weighted by Gasteiger charge is -2.22. The fourth-order valence-electron chi connectivity index (χ4n) is 0.800. The van der Waals surface area contributed by atoms with Gasteiger partial charge in [0.05, 0.1) is 12.6 Å². The summed E-state index contributed by atoms with van der Waals surface area (Å²) in [4.78, 5) is 12.8. The monoisotopic (exact) mass is 174 g/mol. The van der Waals surface area contributed by atoms with E-state index < -0.39 is 6.04 Å². The van der Waals surface area contributed by atoms with Gasteiger partial charge in [-0.25, -0.2) is 0 Å². The Labute approximate surface area is 73.3 Å². The average Bonchev–Trinajstić information content (AvgIpc) is 2.02. The van der Waals surface area contributed by atoms with Crippen LogP contribution in [0.5, 0.6) is 0 Å². The van der Waals surface area contributed by atoms with Crippen LogP contribution >= 0.6 is 0 Å². The summed E-state index contributed by atoms with van der Waals surface area (Å²) in [6.07, 6.45) is 0. The van der Waals surface area contributed by atoms with E-state index in [0.29, 0.717) is 6.54 Å². The zero-order valence-electron chi connectivity index (χ0n) is 7.95. The van der Waals surface area contributed by atoms with Crippen molar-refractivity contribution in [2.75, 3.05) is 20.2 Å². The second-order valence-corrected chi connectivity index (χ2v) is 3.25. The van der Waals surface area contributed by atoms with Gasteiger partial charge in [0.1, 0.15) is 0 Å². The van der Waals surface area contributed by atoms with E-state index in [4.69, 9.17) is 10.8 Å². The molecule has 0 radical (unpaired) electrons. The highest BCUT2D eigenvalue weighted by Crippen LogP contribution is 2.01. The van der Waals surface area contributed by atoms with Crippen LogP contribution in [0.15, 0.2) is 0 Å². The van der Waals surface area contributed by atoms with E-state index >= 15 is 0 Å². The number of nitrogens with two attached hydrogens (primary N) is 1. The molecule has 0 aliphatic rings. The molecule has 3 N–H and O–H groups in total. The first-order valence-corrected chi connectivity index (χ1v) is 4.12. The maximum Gasteiger partial charge on any atom is 0.239 e. The summed E-state index contributed by atoms with van der Waals surface area (Å²) in [7, 11) is 1.64. The van der Waals surface area contributed by atoms with Crippen LogP contribution in [-0.4, -0.2) is 42.2 Å². The number of carbonyl (C=O) groups excluding carboxylic acids is 1. The second kappa shape index (κ2) is 5.11. The van der Waals surface area contributed by atoms with E-state index in [-0.39, 0.29) is 18.4 Å². The van der Waals surface area contributed by atoms with Crippen LogP contribution < -0.4 is 5.73 Å². The largest absolute Gasteiger partial charge is 0.395 e. The third kappa shape index (κ3) is 3.19. The number of aliphatic hydroxyl groups excluding tert-OH is 1. The molecule has 0 aliphatic carbocycles. The fourth-order valence-corrected chi connectivity index (χ4v) is 0.800. The van der Waals surface area contributed by atoms with Crippen LogP contribution in [0.2, 0.25) is 0 Å². The van der Waals surface area contributed by atoms with Gasteiger partial charge in [-0.1, -0.05) is 13.8 Å². The first-order valence-electron chi connectivity index (χ1n) is 4.12. The van der Waals surface area contributed by atoms with Crippen molar-refractivity contribution in [1.29, 1.82) is 0 Å². The van der Waals surface area contributed by atoms with Crippen LogP contribution in [0, 0.1) is 5.92 Å². The van der Waals surface area contributed by atoms with Crippen molar-refractivity contribution >= 4 is 5.91 Å². The molecule has 0 saturated carbocycles. The SMILES string of the molecule is CC(C)[C@@H](N)C(=O)N(C)CCO. The van der Waals surface area contributed by atoms with Crippen molar-refractivity contribution in [3.05, 3.63) is 0 Å². The van der Waals surface area contributed by atoms with E-state index in [2.05, 4.69) is 0 Å². The van der Waals surface area contributed by atoms with E-state index in [0.717, 1.165) is 0 Å². The molecule has 0 rings (SSSR count). The van der Waals surface area contributed by atoms with Crippen molar-refractivity contribution in [3.63, 3.8) is 0 Å². The first-order chi connectivity index (χ1) is 5.50. The van der Waals surface area contributed by atoms with Gasteiger partial charge in [0, 0.05) is 13.6 Å². The minimum absolute atomic E-state index is 0.0208. The van der Waals surface area contributed by atoms with Crippen LogP contribution in [0.3, 0.4) is 0 Å². The van der Waals surface area contributed by atoms with Crippen molar-refractivity contribution < 1.29 is 9.90 Å². The number of amides is 1. The third-order valence-corrected chi connectivity index (χ3v) is 1.82. The topological polar surface area (TPSA) is 66.6 Å². The van der Waals surface area contributed by atoms with E-state index in [1.807, 2.05) is 13.8 Å². The summed E-state index contributed by atoms with van der Waals surface area (Å²) in [5, 5.41) is 8.57. The van der Waals surface area contributed by atoms with Gasteiger partial charge < -0.3 is 15.7 Å². The highest BCUT2D eigenvalue weighted by molar-refractivity contribution is 5.81. The summed E-state index contributed by atoms with van der Waals surface area (Å²) < 4.78 is 0. The Morgan fingerprint density at radius 3 is 2.42 bits per heavy atom. The van der Waals surface area contributed by atoms with Crippen LogP contribution in [-0.2, 0) is 4.79 Å². The number of hydrogen-bond acceptors (Lipinski definition) is 3. The lowest BCUT2D eigenvalue weighted by molar-refractivity contribution is -0.132. The highest BCUT2D eigenvalue weighted by Gasteiger charge is 2.20. The second-order valence-electron chi connectivity index (χ2n) is 3.25. The Morgan fingerprint density at radius 2 is 2.08 bits per heavy atom. The van der Waals surface area contributed by atoms with E-state index in [9.17, 15) is 4.79 Å². The molecule has 0 aromatic rings. The normalized spacial score (nSPS) is 13.2. The Bertz CT molecular complexity index is 148. The molecule has 0 heterocycles. The third-order valence-electron chi connectivity index (χ3n) is 1.82. The fraction of sp³-hybridized carbons (Fsp3) is 0.875. The minimum Gasteiger partial charge on any atom is -0.395 e. The van der Waals surface area contributed by atoms with Crippen molar-refractivity contribution in [2.45, 2.75) is 19.9 Å². The maximum absolute atomic E-state index is 11.4. The van der Waals surface area contributed by atoms with E-state index in [1.165, 1.54) is 4.90 Å². The number of aliphatic hydroxyl groups is 1. The Morgan fingerprint density at radius 1 is 1.58 bits per heavy atom. The molecule has 0 aromatic heterocycles. The average molecular weight is 174 g/mol. The predicted octanol–water partition coefficient (Wildman–Crippen LogP) is -0.580. The highest BCUT2D eigenvalue weighted by atomic mass is 16.3. The lowest BCUT2D eigenvalue weighted by atomic mass is 10.0. The minimum atomic E-state index is -0.457. The molecule has 4 nitrogen and oxygen atoms in total. The molecule has 0 spiro atoms. The maximum atomic E-state index is 11.4. The molecule has 0 aliphatic heterocycles. The van der Waals surface area contributed by atoms with Gasteiger partial charge in [0.15, 0.2) is 0 Å². The van der Waals surface area contributed by atoms with Gasteiger partial charge in [0.2, 0.25) is 5.91 Å². The Balaban J connectivity index is 4.00. The molecular weight excluding hydrogens is 156 g/mol. The molecule has 0 bridgehead atoms. The van der Waals surface area contributed by atoms with E-state index in [1.54, 1.807) is 7.05 Å². The summed E-state index contributed by atoms with van der Waals surface area (Å²) in [5.41, 5.74) is 5.62. The summed E-state index contributed by atoms with van der Waals surface area (Å²) in [6, 6.07) is -0.457. The molecule has 0 aromatic carbocycles. The van der Waals surface area contributed by atoms with Crippen LogP contribution in [0.25, 0.3) is 0 Å². The Kier molecular flexibility index (Phi) is 4.85. The molecule has 1 amide bonds. The quantitative estimate of drug-likeness (QED) is 0.599. The molecule has 0 unspecified atom stereocenters. The predicted molar refractivity (Wildman–Crippen MR) is 47.5 cm³/mol. The van der Waals surface area contributed by atoms with Crippen LogP contribution in [0.1, 0.15) is 13.8 Å². The number of rotatable bonds is 4. The van der Waals surface area contributed by atoms with Crippen molar-refractivity contribution in [2.24, 2.45) is 11.7 Å². The molecule has 12 heavy (non-hydrogen) atoms.